The number of carboxylic acids is 1. The number of hydrogen-bond donors (Lipinski definition) is 1. The van der Waals surface area contributed by atoms with Gasteiger partial charge >= 0.3 is 5.97 Å². The monoisotopic (exact) mass is 309 g/mol. The van der Waals surface area contributed by atoms with E-state index in [0.717, 1.165) is 42.5 Å². The number of carboxylic acid groups (broad SMARTS) is 1. The van der Waals surface area contributed by atoms with Crippen molar-refractivity contribution in [2.45, 2.75) is 19.4 Å². The first-order chi connectivity index (χ1) is 8.63. The molecule has 0 atom stereocenters. The van der Waals surface area contributed by atoms with Gasteiger partial charge in [0.2, 0.25) is 0 Å². The zero-order valence-corrected chi connectivity index (χ0v) is 11.7. The van der Waals surface area contributed by atoms with Crippen molar-refractivity contribution >= 4 is 21.9 Å². The third-order valence-corrected chi connectivity index (χ3v) is 3.67. The summed E-state index contributed by atoms with van der Waals surface area (Å²) in [6.45, 7) is 2.82. The van der Waals surface area contributed by atoms with Gasteiger partial charge in [-0.3, -0.25) is 4.90 Å². The van der Waals surface area contributed by atoms with Crippen molar-refractivity contribution < 1.29 is 9.90 Å². The smallest absolute Gasteiger partial charge is 0.328 e. The molecule has 0 aromatic heterocycles. The molecule has 0 aliphatic carbocycles. The van der Waals surface area contributed by atoms with Gasteiger partial charge in [0, 0.05) is 30.2 Å². The minimum absolute atomic E-state index is 0.827. The Kier molecular flexibility index (Phi) is 4.55. The molecule has 0 unspecified atom stereocenters. The predicted octanol–water partition coefficient (Wildman–Crippen LogP) is 3.06. The van der Waals surface area contributed by atoms with Gasteiger partial charge in [-0.1, -0.05) is 33.6 Å². The molecular weight excluding hydrogens is 294 g/mol. The van der Waals surface area contributed by atoms with Gasteiger partial charge < -0.3 is 5.11 Å². The second kappa shape index (κ2) is 6.16. The zero-order chi connectivity index (χ0) is 13.0. The van der Waals surface area contributed by atoms with E-state index in [9.17, 15) is 4.79 Å². The van der Waals surface area contributed by atoms with E-state index >= 15 is 0 Å². The molecule has 96 valence electrons. The Bertz CT molecular complexity index is 443. The summed E-state index contributed by atoms with van der Waals surface area (Å²) in [5.41, 5.74) is 2.35. The second-order valence-corrected chi connectivity index (χ2v) is 5.46. The van der Waals surface area contributed by atoms with Crippen molar-refractivity contribution in [3.63, 3.8) is 0 Å². The molecule has 18 heavy (non-hydrogen) atoms. The largest absolute Gasteiger partial charge is 0.478 e. The fourth-order valence-corrected chi connectivity index (χ4v) is 2.43. The molecule has 0 radical (unpaired) electrons. The lowest BCUT2D eigenvalue weighted by Crippen LogP contribution is -2.30. The quantitative estimate of drug-likeness (QED) is 0.872. The lowest BCUT2D eigenvalue weighted by atomic mass is 10.0. The normalized spacial score (nSPS) is 16.6. The third kappa shape index (κ3) is 3.96. The number of carbonyl (C=O) groups is 1. The van der Waals surface area contributed by atoms with Crippen molar-refractivity contribution in [2.75, 3.05) is 13.1 Å². The summed E-state index contributed by atoms with van der Waals surface area (Å²) in [6.07, 6.45) is 3.09. The average molecular weight is 310 g/mol. The molecule has 2 rings (SSSR count). The molecule has 0 amide bonds. The minimum Gasteiger partial charge on any atom is -0.478 e. The van der Waals surface area contributed by atoms with E-state index in [2.05, 4.69) is 45.1 Å². The Morgan fingerprint density at radius 2 is 1.89 bits per heavy atom. The molecule has 0 spiro atoms. The third-order valence-electron chi connectivity index (χ3n) is 3.15. The van der Waals surface area contributed by atoms with E-state index in [1.165, 1.54) is 11.6 Å². The maximum absolute atomic E-state index is 10.6. The van der Waals surface area contributed by atoms with Gasteiger partial charge in [0.05, 0.1) is 0 Å². The van der Waals surface area contributed by atoms with Crippen LogP contribution < -0.4 is 0 Å². The summed E-state index contributed by atoms with van der Waals surface area (Å²) < 4.78 is 1.09. The van der Waals surface area contributed by atoms with E-state index in [1.807, 2.05) is 0 Å². The van der Waals surface area contributed by atoms with Crippen LogP contribution in [-0.2, 0) is 11.3 Å². The fourth-order valence-electron chi connectivity index (χ4n) is 2.17. The van der Waals surface area contributed by atoms with Gasteiger partial charge in [0.15, 0.2) is 0 Å². The highest BCUT2D eigenvalue weighted by Gasteiger charge is 2.14. The number of likely N-dealkylation sites (tertiary alicyclic amines) is 1. The second-order valence-electron chi connectivity index (χ2n) is 4.54. The molecule has 1 N–H and O–H groups in total. The van der Waals surface area contributed by atoms with Crippen LogP contribution in [0.4, 0.5) is 0 Å². The van der Waals surface area contributed by atoms with Gasteiger partial charge in [0.25, 0.3) is 0 Å². The first-order valence-electron chi connectivity index (χ1n) is 6.02. The van der Waals surface area contributed by atoms with Gasteiger partial charge in [0.1, 0.15) is 0 Å². The standard InChI is InChI=1S/C14H16BrNO2/c15-13-3-1-12(2-4-13)10-16-7-5-11(6-8-16)9-14(17)18/h1-4,9H,5-8,10H2,(H,17,18). The SMILES string of the molecule is O=C(O)C=C1CCN(Cc2ccc(Br)cc2)CC1. The molecule has 1 aromatic rings. The van der Waals surface area contributed by atoms with Crippen molar-refractivity contribution in [3.05, 3.63) is 46.0 Å². The summed E-state index contributed by atoms with van der Waals surface area (Å²) >= 11 is 3.42. The topological polar surface area (TPSA) is 40.5 Å². The first-order valence-corrected chi connectivity index (χ1v) is 6.82. The molecule has 1 aromatic carbocycles. The minimum atomic E-state index is -0.827. The van der Waals surface area contributed by atoms with E-state index < -0.39 is 5.97 Å². The van der Waals surface area contributed by atoms with Gasteiger partial charge in [-0.25, -0.2) is 4.79 Å². The highest BCUT2D eigenvalue weighted by Crippen LogP contribution is 2.19. The zero-order valence-electron chi connectivity index (χ0n) is 10.1. The summed E-state index contributed by atoms with van der Waals surface area (Å²) in [5, 5.41) is 8.70. The molecule has 4 heteroatoms. The van der Waals surface area contributed by atoms with Crippen LogP contribution in [0.25, 0.3) is 0 Å². The Morgan fingerprint density at radius 3 is 2.44 bits per heavy atom. The highest BCUT2D eigenvalue weighted by molar-refractivity contribution is 9.10. The highest BCUT2D eigenvalue weighted by atomic mass is 79.9. The molecule has 0 saturated carbocycles. The number of hydrogen-bond acceptors (Lipinski definition) is 2. The molecule has 0 bridgehead atoms. The summed E-state index contributed by atoms with van der Waals surface area (Å²) in [5.74, 6) is -0.827. The number of rotatable bonds is 3. The predicted molar refractivity (Wildman–Crippen MR) is 74.4 cm³/mol. The molecule has 3 nitrogen and oxygen atoms in total. The van der Waals surface area contributed by atoms with E-state index in [0.29, 0.717) is 0 Å². The van der Waals surface area contributed by atoms with E-state index in [4.69, 9.17) is 5.11 Å². The van der Waals surface area contributed by atoms with Gasteiger partial charge in [-0.05, 0) is 30.5 Å². The summed E-state index contributed by atoms with van der Waals surface area (Å²) in [7, 11) is 0. The van der Waals surface area contributed by atoms with Crippen LogP contribution in [0.3, 0.4) is 0 Å². The maximum Gasteiger partial charge on any atom is 0.328 e. The maximum atomic E-state index is 10.6. The van der Waals surface area contributed by atoms with Crippen molar-refractivity contribution in [1.29, 1.82) is 0 Å². The Labute approximate surface area is 115 Å². The van der Waals surface area contributed by atoms with Gasteiger partial charge in [-0.2, -0.15) is 0 Å². The average Bonchev–Trinajstić information content (AvgIpc) is 2.34. The van der Waals surface area contributed by atoms with Crippen LogP contribution in [0.5, 0.6) is 0 Å². The molecule has 1 saturated heterocycles. The summed E-state index contributed by atoms with van der Waals surface area (Å²) in [4.78, 5) is 12.9. The molecule has 1 aliphatic rings. The van der Waals surface area contributed by atoms with Crippen LogP contribution >= 0.6 is 15.9 Å². The molecule has 1 fully saturated rings. The molecule has 1 heterocycles. The number of halogens is 1. The number of nitrogens with zero attached hydrogens (tertiary/aromatic N) is 1. The number of piperidine rings is 1. The lowest BCUT2D eigenvalue weighted by molar-refractivity contribution is -0.131. The van der Waals surface area contributed by atoms with Crippen LogP contribution in [0.15, 0.2) is 40.4 Å². The van der Waals surface area contributed by atoms with Crippen LogP contribution in [0.1, 0.15) is 18.4 Å². The number of aliphatic carboxylic acids is 1. The number of benzene rings is 1. The van der Waals surface area contributed by atoms with Crippen LogP contribution in [-0.4, -0.2) is 29.1 Å². The van der Waals surface area contributed by atoms with Crippen molar-refractivity contribution in [3.8, 4) is 0 Å². The van der Waals surface area contributed by atoms with Crippen molar-refractivity contribution in [1.82, 2.24) is 4.90 Å². The summed E-state index contributed by atoms with van der Waals surface area (Å²) in [6, 6.07) is 8.34. The van der Waals surface area contributed by atoms with Gasteiger partial charge in [-0.15, -0.1) is 0 Å². The molecular formula is C14H16BrNO2. The van der Waals surface area contributed by atoms with Crippen LogP contribution in [0, 0.1) is 0 Å². The molecule has 1 aliphatic heterocycles. The lowest BCUT2D eigenvalue weighted by Gasteiger charge is -2.28. The fraction of sp³-hybridized carbons (Fsp3) is 0.357. The van der Waals surface area contributed by atoms with E-state index in [1.54, 1.807) is 0 Å². The van der Waals surface area contributed by atoms with Crippen LogP contribution in [0.2, 0.25) is 0 Å². The van der Waals surface area contributed by atoms with E-state index in [-0.39, 0.29) is 0 Å². The first kappa shape index (κ1) is 13.3. The Hall–Kier alpha value is -1.13. The Balaban J connectivity index is 1.87. The van der Waals surface area contributed by atoms with Crippen molar-refractivity contribution in [2.24, 2.45) is 0 Å². The Morgan fingerprint density at radius 1 is 1.28 bits per heavy atom.